The van der Waals surface area contributed by atoms with E-state index in [-0.39, 0.29) is 36.1 Å². The lowest BCUT2D eigenvalue weighted by molar-refractivity contribution is -0.385. The molecule has 1 aliphatic heterocycles. The molecular formula is C18H27N3O5. The first-order valence-electron chi connectivity index (χ1n) is 8.88. The van der Waals surface area contributed by atoms with Gasteiger partial charge in [0, 0.05) is 30.8 Å². The van der Waals surface area contributed by atoms with Crippen molar-refractivity contribution in [2.45, 2.75) is 38.3 Å². The highest BCUT2D eigenvalue weighted by Gasteiger charge is 2.22. The number of nitro benzene ring substituents is 1. The highest BCUT2D eigenvalue weighted by atomic mass is 16.6. The second-order valence-electron chi connectivity index (χ2n) is 6.57. The number of nitrogens with zero attached hydrogens (tertiary/aromatic N) is 2. The quantitative estimate of drug-likeness (QED) is 0.561. The number of ether oxygens (including phenoxy) is 2. The Morgan fingerprint density at radius 3 is 2.69 bits per heavy atom. The van der Waals surface area contributed by atoms with Gasteiger partial charge in [0.2, 0.25) is 0 Å². The molecule has 8 nitrogen and oxygen atoms in total. The normalized spacial score (nSPS) is 16.9. The molecule has 2 rings (SSSR count). The van der Waals surface area contributed by atoms with Crippen molar-refractivity contribution in [2.24, 2.45) is 0 Å². The monoisotopic (exact) mass is 365 g/mol. The van der Waals surface area contributed by atoms with Gasteiger partial charge < -0.3 is 19.7 Å². The summed E-state index contributed by atoms with van der Waals surface area (Å²) in [6, 6.07) is 4.33. The molecule has 1 aromatic rings. The fourth-order valence-corrected chi connectivity index (χ4v) is 2.88. The van der Waals surface area contributed by atoms with Gasteiger partial charge in [0.25, 0.3) is 5.91 Å². The number of likely N-dealkylation sites (tertiary alicyclic amines) is 1. The van der Waals surface area contributed by atoms with Crippen molar-refractivity contribution in [1.29, 1.82) is 0 Å². The number of hydrogen-bond donors (Lipinski definition) is 1. The van der Waals surface area contributed by atoms with Crippen LogP contribution in [-0.2, 0) is 4.74 Å². The molecule has 26 heavy (non-hydrogen) atoms. The maximum atomic E-state index is 12.5. The minimum absolute atomic E-state index is 0.0847. The zero-order valence-corrected chi connectivity index (χ0v) is 15.6. The van der Waals surface area contributed by atoms with Crippen molar-refractivity contribution in [3.8, 4) is 5.75 Å². The molecule has 1 aromatic carbocycles. The number of rotatable bonds is 8. The molecule has 0 aliphatic carbocycles. The van der Waals surface area contributed by atoms with E-state index in [2.05, 4.69) is 17.3 Å². The summed E-state index contributed by atoms with van der Waals surface area (Å²) in [6.45, 7) is 4.01. The van der Waals surface area contributed by atoms with E-state index >= 15 is 0 Å². The van der Waals surface area contributed by atoms with E-state index in [9.17, 15) is 14.9 Å². The van der Waals surface area contributed by atoms with Gasteiger partial charge in [-0.15, -0.1) is 0 Å². The molecule has 1 unspecified atom stereocenters. The summed E-state index contributed by atoms with van der Waals surface area (Å²) in [4.78, 5) is 25.4. The first-order chi connectivity index (χ1) is 12.4. The maximum Gasteiger partial charge on any atom is 0.310 e. The Morgan fingerprint density at radius 1 is 1.42 bits per heavy atom. The van der Waals surface area contributed by atoms with Crippen molar-refractivity contribution >= 4 is 11.6 Å². The molecular weight excluding hydrogens is 338 g/mol. The van der Waals surface area contributed by atoms with Crippen molar-refractivity contribution in [3.05, 3.63) is 33.9 Å². The van der Waals surface area contributed by atoms with Crippen LogP contribution in [0.3, 0.4) is 0 Å². The van der Waals surface area contributed by atoms with Crippen molar-refractivity contribution in [2.75, 3.05) is 33.9 Å². The average Bonchev–Trinajstić information content (AvgIpc) is 2.64. The molecule has 0 aromatic heterocycles. The Balaban J connectivity index is 2.09. The molecule has 0 saturated carbocycles. The summed E-state index contributed by atoms with van der Waals surface area (Å²) in [7, 11) is 3.62. The topological polar surface area (TPSA) is 93.9 Å². The Hall–Kier alpha value is -2.19. The van der Waals surface area contributed by atoms with Crippen molar-refractivity contribution in [3.63, 3.8) is 0 Å². The first kappa shape index (κ1) is 20.1. The van der Waals surface area contributed by atoms with E-state index < -0.39 is 4.92 Å². The highest BCUT2D eigenvalue weighted by molar-refractivity contribution is 5.95. The van der Waals surface area contributed by atoms with Gasteiger partial charge in [-0.2, -0.15) is 0 Å². The van der Waals surface area contributed by atoms with Crippen molar-refractivity contribution < 1.29 is 19.2 Å². The van der Waals surface area contributed by atoms with Crippen LogP contribution in [0.5, 0.6) is 5.75 Å². The average molecular weight is 365 g/mol. The van der Waals surface area contributed by atoms with Crippen LogP contribution >= 0.6 is 0 Å². The van der Waals surface area contributed by atoms with E-state index in [1.165, 1.54) is 18.2 Å². The lowest BCUT2D eigenvalue weighted by atomic mass is 10.0. The second-order valence-corrected chi connectivity index (χ2v) is 6.57. The van der Waals surface area contributed by atoms with Crippen LogP contribution in [0.1, 0.15) is 36.5 Å². The smallest absolute Gasteiger partial charge is 0.310 e. The number of carbonyl (C=O) groups excluding carboxylic acids is 1. The van der Waals surface area contributed by atoms with E-state index in [0.29, 0.717) is 5.56 Å². The molecule has 1 N–H and O–H groups in total. The number of benzene rings is 1. The number of methoxy groups -OCH3 is 1. The van der Waals surface area contributed by atoms with Gasteiger partial charge in [0.1, 0.15) is 6.61 Å². The van der Waals surface area contributed by atoms with Crippen molar-refractivity contribution in [1.82, 2.24) is 10.2 Å². The van der Waals surface area contributed by atoms with Crippen LogP contribution in [0.2, 0.25) is 0 Å². The summed E-state index contributed by atoms with van der Waals surface area (Å²) in [5.74, 6) is -0.153. The fraction of sp³-hybridized carbons (Fsp3) is 0.611. The molecule has 0 radical (unpaired) electrons. The molecule has 144 valence electrons. The van der Waals surface area contributed by atoms with E-state index in [1.54, 1.807) is 7.11 Å². The molecule has 0 spiro atoms. The number of amides is 1. The van der Waals surface area contributed by atoms with E-state index in [0.717, 1.165) is 32.4 Å². The number of piperidine rings is 1. The summed E-state index contributed by atoms with van der Waals surface area (Å²) in [6.07, 6.45) is 2.35. The zero-order valence-electron chi connectivity index (χ0n) is 15.6. The van der Waals surface area contributed by atoms with Crippen LogP contribution in [0, 0.1) is 10.1 Å². The van der Waals surface area contributed by atoms with E-state index in [1.807, 2.05) is 6.92 Å². The number of carbonyl (C=O) groups is 1. The standard InChI is InChI=1S/C18H27N3O5/c1-4-15(25-3)12-26-17-11-13(5-6-16(17)21(23)24)18(22)19-14-7-9-20(2)10-8-14/h5-6,11,14-15H,4,7-10,12H2,1-3H3,(H,19,22). The lowest BCUT2D eigenvalue weighted by Gasteiger charge is -2.29. The Labute approximate surface area is 153 Å². The highest BCUT2D eigenvalue weighted by Crippen LogP contribution is 2.28. The van der Waals surface area contributed by atoms with Crippen LogP contribution in [-0.4, -0.2) is 61.7 Å². The Morgan fingerprint density at radius 2 is 2.12 bits per heavy atom. The molecule has 1 atom stereocenters. The van der Waals surface area contributed by atoms with Crippen LogP contribution in [0.25, 0.3) is 0 Å². The SMILES string of the molecule is CCC(COc1cc(C(=O)NC2CCN(C)CC2)ccc1[N+](=O)[O-])OC. The summed E-state index contributed by atoms with van der Waals surface area (Å²) >= 11 is 0. The van der Waals surface area contributed by atoms with Gasteiger partial charge in [-0.3, -0.25) is 14.9 Å². The Kier molecular flexibility index (Phi) is 7.35. The van der Waals surface area contributed by atoms with E-state index in [4.69, 9.17) is 9.47 Å². The van der Waals surface area contributed by atoms with Crippen LogP contribution in [0.4, 0.5) is 5.69 Å². The third kappa shape index (κ3) is 5.40. The Bertz CT molecular complexity index is 625. The minimum Gasteiger partial charge on any atom is -0.484 e. The minimum atomic E-state index is -0.512. The second kappa shape index (κ2) is 9.49. The largest absolute Gasteiger partial charge is 0.484 e. The van der Waals surface area contributed by atoms with Crippen LogP contribution < -0.4 is 10.1 Å². The molecule has 1 heterocycles. The molecule has 1 amide bonds. The number of hydrogen-bond acceptors (Lipinski definition) is 6. The van der Waals surface area contributed by atoms with Gasteiger partial charge in [0.15, 0.2) is 5.75 Å². The lowest BCUT2D eigenvalue weighted by Crippen LogP contribution is -2.43. The third-order valence-electron chi connectivity index (χ3n) is 4.69. The molecule has 1 saturated heterocycles. The van der Waals surface area contributed by atoms with Gasteiger partial charge in [0.05, 0.1) is 11.0 Å². The fourth-order valence-electron chi connectivity index (χ4n) is 2.88. The number of nitrogens with one attached hydrogen (secondary N) is 1. The van der Waals surface area contributed by atoms with Gasteiger partial charge in [-0.25, -0.2) is 0 Å². The molecule has 8 heteroatoms. The zero-order chi connectivity index (χ0) is 19.1. The maximum absolute atomic E-state index is 12.5. The summed E-state index contributed by atoms with van der Waals surface area (Å²) in [5.41, 5.74) is 0.196. The van der Waals surface area contributed by atoms with Gasteiger partial charge >= 0.3 is 5.69 Å². The molecule has 1 fully saturated rings. The third-order valence-corrected chi connectivity index (χ3v) is 4.69. The summed E-state index contributed by atoms with van der Waals surface area (Å²) < 4.78 is 10.8. The van der Waals surface area contributed by atoms with Crippen LogP contribution in [0.15, 0.2) is 18.2 Å². The van der Waals surface area contributed by atoms with Gasteiger partial charge in [-0.05, 0) is 45.5 Å². The summed E-state index contributed by atoms with van der Waals surface area (Å²) in [5, 5.41) is 14.2. The number of nitro groups is 1. The molecule has 1 aliphatic rings. The first-order valence-corrected chi connectivity index (χ1v) is 8.88. The van der Waals surface area contributed by atoms with Gasteiger partial charge in [-0.1, -0.05) is 6.92 Å². The predicted octanol–water partition coefficient (Wildman–Crippen LogP) is 2.22. The predicted molar refractivity (Wildman–Crippen MR) is 97.7 cm³/mol. The molecule has 0 bridgehead atoms.